The molecule has 16 heteroatoms. The number of carbonyl (C=O) groups excluding carboxylic acids is 3. The minimum absolute atomic E-state index is 0.0556. The molecule has 4 atom stereocenters. The Bertz CT molecular complexity index is 1690. The van der Waals surface area contributed by atoms with E-state index in [2.05, 4.69) is 33.9 Å². The van der Waals surface area contributed by atoms with E-state index in [0.29, 0.717) is 17.5 Å². The maximum Gasteiger partial charge on any atom is 0.355 e. The third kappa shape index (κ3) is 9.04. The first kappa shape index (κ1) is 38.4. The van der Waals surface area contributed by atoms with Gasteiger partial charge in [-0.15, -0.1) is 11.8 Å². The number of rotatable bonds is 14. The Morgan fingerprint density at radius 3 is 1.98 bits per heavy atom. The SMILES string of the molecule is C[C@@H](O[Si](C)(C)C(C)(C)C)[C@H]1C(=O)N2C(C(=O)OCc3ccc([N+](=O)[O-])cc3)=CC=C(SCC(N)C(=O)OCc3ccc([N+](=O)[O-])cc3)C[C@H]12. The summed E-state index contributed by atoms with van der Waals surface area (Å²) in [6.07, 6.45) is 3.19. The number of carbonyl (C=O) groups is 3. The van der Waals surface area contributed by atoms with Crippen molar-refractivity contribution in [3.63, 3.8) is 0 Å². The van der Waals surface area contributed by atoms with Gasteiger partial charge < -0.3 is 24.5 Å². The van der Waals surface area contributed by atoms with Crippen LogP contribution in [-0.2, 0) is 41.5 Å². The predicted molar refractivity (Wildman–Crippen MR) is 189 cm³/mol. The fourth-order valence-electron chi connectivity index (χ4n) is 5.29. The number of nitro groups is 2. The highest BCUT2D eigenvalue weighted by Gasteiger charge is 2.55. The van der Waals surface area contributed by atoms with Crippen LogP contribution in [0.15, 0.2) is 71.3 Å². The number of ether oxygens (including phenoxy) is 2. The zero-order valence-corrected chi connectivity index (χ0v) is 30.6. The highest BCUT2D eigenvalue weighted by Crippen LogP contribution is 2.45. The summed E-state index contributed by atoms with van der Waals surface area (Å²) in [5.41, 5.74) is 7.17. The number of nitro benzene ring substituents is 2. The van der Waals surface area contributed by atoms with Crippen molar-refractivity contribution < 1.29 is 38.1 Å². The Morgan fingerprint density at radius 1 is 0.960 bits per heavy atom. The normalized spacial score (nSPS) is 18.8. The second kappa shape index (κ2) is 15.7. The number of esters is 2. The highest BCUT2D eigenvalue weighted by molar-refractivity contribution is 8.03. The van der Waals surface area contributed by atoms with Crippen molar-refractivity contribution in [2.45, 2.75) is 83.6 Å². The van der Waals surface area contributed by atoms with Gasteiger partial charge in [0.2, 0.25) is 5.91 Å². The molecule has 50 heavy (non-hydrogen) atoms. The summed E-state index contributed by atoms with van der Waals surface area (Å²) < 4.78 is 17.5. The topological polar surface area (TPSA) is 194 Å². The van der Waals surface area contributed by atoms with Crippen LogP contribution in [0.4, 0.5) is 11.4 Å². The number of thioether (sulfide) groups is 1. The van der Waals surface area contributed by atoms with Crippen molar-refractivity contribution in [2.75, 3.05) is 5.75 Å². The number of β-lactam (4-membered cyclic amide) rings is 1. The number of hydrogen-bond donors (Lipinski definition) is 1. The summed E-state index contributed by atoms with van der Waals surface area (Å²) in [6, 6.07) is 9.86. The van der Waals surface area contributed by atoms with Gasteiger partial charge in [-0.25, -0.2) is 4.79 Å². The fraction of sp³-hybridized carbons (Fsp3) is 0.441. The van der Waals surface area contributed by atoms with E-state index in [9.17, 15) is 34.6 Å². The Morgan fingerprint density at radius 2 is 1.48 bits per heavy atom. The smallest absolute Gasteiger partial charge is 0.355 e. The number of fused-ring (bicyclic) bond motifs is 1. The van der Waals surface area contributed by atoms with Crippen molar-refractivity contribution in [3.8, 4) is 0 Å². The third-order valence-corrected chi connectivity index (χ3v) is 14.9. The molecule has 2 N–H and O–H groups in total. The van der Waals surface area contributed by atoms with Gasteiger partial charge in [-0.05, 0) is 71.4 Å². The lowest BCUT2D eigenvalue weighted by molar-refractivity contribution is -0.385. The molecule has 1 fully saturated rings. The van der Waals surface area contributed by atoms with Gasteiger partial charge in [0.15, 0.2) is 8.32 Å². The van der Waals surface area contributed by atoms with Crippen molar-refractivity contribution in [3.05, 3.63) is 103 Å². The number of nitrogens with zero attached hydrogens (tertiary/aromatic N) is 3. The van der Waals surface area contributed by atoms with E-state index in [0.717, 1.165) is 4.91 Å². The van der Waals surface area contributed by atoms with Gasteiger partial charge in [-0.1, -0.05) is 26.8 Å². The maximum atomic E-state index is 13.7. The van der Waals surface area contributed by atoms with Gasteiger partial charge in [-0.2, -0.15) is 0 Å². The van der Waals surface area contributed by atoms with Crippen LogP contribution in [0.3, 0.4) is 0 Å². The molecule has 268 valence electrons. The van der Waals surface area contributed by atoms with Gasteiger partial charge >= 0.3 is 11.9 Å². The summed E-state index contributed by atoms with van der Waals surface area (Å²) in [5.74, 6) is -2.01. The van der Waals surface area contributed by atoms with Crippen LogP contribution in [0, 0.1) is 26.1 Å². The van der Waals surface area contributed by atoms with Crippen molar-refractivity contribution >= 4 is 49.3 Å². The van der Waals surface area contributed by atoms with E-state index in [4.69, 9.17) is 19.6 Å². The van der Waals surface area contributed by atoms with Crippen LogP contribution in [-0.4, -0.2) is 64.9 Å². The number of amides is 1. The predicted octanol–water partition coefficient (Wildman–Crippen LogP) is 5.76. The minimum Gasteiger partial charge on any atom is -0.460 e. The van der Waals surface area contributed by atoms with E-state index >= 15 is 0 Å². The Kier molecular flexibility index (Phi) is 12.0. The quantitative estimate of drug-likeness (QED) is 0.0814. The van der Waals surface area contributed by atoms with E-state index in [1.807, 2.05) is 6.92 Å². The fourth-order valence-corrected chi connectivity index (χ4v) is 7.70. The molecule has 0 aliphatic carbocycles. The Labute approximate surface area is 295 Å². The molecule has 4 rings (SSSR count). The molecule has 2 aromatic carbocycles. The zero-order chi connectivity index (χ0) is 37.0. The molecule has 14 nitrogen and oxygen atoms in total. The molecule has 0 radical (unpaired) electrons. The zero-order valence-electron chi connectivity index (χ0n) is 28.8. The van der Waals surface area contributed by atoms with Crippen molar-refractivity contribution in [1.82, 2.24) is 4.90 Å². The van der Waals surface area contributed by atoms with Crippen molar-refractivity contribution in [1.29, 1.82) is 0 Å². The third-order valence-electron chi connectivity index (χ3n) is 9.16. The number of hydrogen-bond acceptors (Lipinski definition) is 12. The van der Waals surface area contributed by atoms with Crippen LogP contribution in [0.2, 0.25) is 18.1 Å². The van der Waals surface area contributed by atoms with Gasteiger partial charge in [0.25, 0.3) is 11.4 Å². The number of allylic oxidation sites excluding steroid dienone is 2. The molecule has 2 aromatic rings. The average Bonchev–Trinajstić information content (AvgIpc) is 3.21. The Hall–Kier alpha value is -4.38. The van der Waals surface area contributed by atoms with Gasteiger partial charge in [0, 0.05) is 36.4 Å². The molecule has 0 spiro atoms. The summed E-state index contributed by atoms with van der Waals surface area (Å²) in [6.45, 7) is 12.2. The lowest BCUT2D eigenvalue weighted by atomic mass is 9.81. The van der Waals surface area contributed by atoms with Crippen molar-refractivity contribution in [2.24, 2.45) is 11.7 Å². The van der Waals surface area contributed by atoms with E-state index in [1.165, 1.54) is 71.3 Å². The maximum absolute atomic E-state index is 13.7. The minimum atomic E-state index is -2.25. The second-order valence-corrected chi connectivity index (χ2v) is 19.6. The molecular formula is C34H42N4O10SSi. The van der Waals surface area contributed by atoms with Crippen LogP contribution in [0.5, 0.6) is 0 Å². The largest absolute Gasteiger partial charge is 0.460 e. The highest BCUT2D eigenvalue weighted by atomic mass is 32.2. The van der Waals surface area contributed by atoms with E-state index in [-0.39, 0.29) is 47.0 Å². The van der Waals surface area contributed by atoms with Crippen LogP contribution >= 0.6 is 11.8 Å². The van der Waals surface area contributed by atoms with Gasteiger partial charge in [0.05, 0.1) is 27.9 Å². The molecule has 0 saturated carbocycles. The number of benzene rings is 2. The molecule has 0 aromatic heterocycles. The average molecular weight is 727 g/mol. The van der Waals surface area contributed by atoms with Gasteiger partial charge in [-0.3, -0.25) is 29.8 Å². The lowest BCUT2D eigenvalue weighted by Crippen LogP contribution is -2.65. The monoisotopic (exact) mass is 726 g/mol. The van der Waals surface area contributed by atoms with Crippen LogP contribution in [0.25, 0.3) is 0 Å². The molecule has 1 saturated heterocycles. The molecule has 0 bridgehead atoms. The second-order valence-electron chi connectivity index (χ2n) is 13.7. The van der Waals surface area contributed by atoms with Crippen LogP contribution < -0.4 is 5.73 Å². The summed E-state index contributed by atoms with van der Waals surface area (Å²) >= 11 is 1.31. The molecule has 2 aliphatic heterocycles. The molecule has 1 amide bonds. The summed E-state index contributed by atoms with van der Waals surface area (Å²) in [5, 5.41) is 21.8. The standard InChI is InChI=1S/C34H42N4O10SSi/c1-21(48-50(5,6)34(2,3)4)30-29-17-26(49-20-27(35)32(40)46-18-22-7-11-24(12-8-22)37(42)43)15-16-28(36(29)31(30)39)33(41)47-19-23-9-13-25(14-10-23)38(44)45/h7-16,21,27,29-30H,17-20,35H2,1-6H3/t21-,27?,29-,30-/m1/s1. The number of nitrogens with two attached hydrogens (primary N) is 1. The summed E-state index contributed by atoms with van der Waals surface area (Å²) in [7, 11) is -2.25. The van der Waals surface area contributed by atoms with E-state index in [1.54, 1.807) is 6.08 Å². The first-order chi connectivity index (χ1) is 23.4. The molecule has 2 aliphatic rings. The molecular weight excluding hydrogens is 685 g/mol. The first-order valence-corrected chi connectivity index (χ1v) is 19.9. The van der Waals surface area contributed by atoms with Crippen LogP contribution in [0.1, 0.15) is 45.2 Å². The Balaban J connectivity index is 1.47. The lowest BCUT2D eigenvalue weighted by Gasteiger charge is -2.51. The molecule has 1 unspecified atom stereocenters. The summed E-state index contributed by atoms with van der Waals surface area (Å²) in [4.78, 5) is 62.9. The van der Waals surface area contributed by atoms with Gasteiger partial charge in [0.1, 0.15) is 25.0 Å². The van der Waals surface area contributed by atoms with E-state index < -0.39 is 54.2 Å². The first-order valence-electron chi connectivity index (χ1n) is 16.0. The molecule has 2 heterocycles. The number of non-ortho nitro benzene ring substituents is 2.